The number of benzene rings is 1. The number of hydrogen-bond acceptors (Lipinski definition) is 3. The molecule has 0 atom stereocenters. The topological polar surface area (TPSA) is 35.5 Å². The molecular weight excluding hydrogens is 204 g/mol. The Morgan fingerprint density at radius 1 is 1.43 bits per heavy atom. The zero-order valence-electron chi connectivity index (χ0n) is 8.04. The number of methoxy groups -OCH3 is 1. The molecule has 0 fully saturated rings. The number of esters is 1. The zero-order valence-corrected chi connectivity index (χ0v) is 8.80. The number of hydrogen-bond donors (Lipinski definition) is 0. The number of alkyl halides is 1. The van der Waals surface area contributed by atoms with E-state index in [1.807, 2.05) is 13.0 Å². The highest BCUT2D eigenvalue weighted by Gasteiger charge is 2.08. The van der Waals surface area contributed by atoms with Gasteiger partial charge in [0.2, 0.25) is 0 Å². The maximum absolute atomic E-state index is 11.0. The van der Waals surface area contributed by atoms with Crippen molar-refractivity contribution in [2.45, 2.75) is 6.92 Å². The van der Waals surface area contributed by atoms with Gasteiger partial charge in [0.25, 0.3) is 0 Å². The molecule has 0 aromatic heterocycles. The van der Waals surface area contributed by atoms with Crippen molar-refractivity contribution in [3.8, 4) is 11.5 Å². The van der Waals surface area contributed by atoms with Crippen LogP contribution < -0.4 is 9.47 Å². The zero-order chi connectivity index (χ0) is 10.6. The van der Waals surface area contributed by atoms with Gasteiger partial charge in [-0.05, 0) is 24.6 Å². The van der Waals surface area contributed by atoms with E-state index in [2.05, 4.69) is 0 Å². The average Bonchev–Trinajstić information content (AvgIpc) is 2.18. The Kier molecular flexibility index (Phi) is 3.77. The molecule has 3 nitrogen and oxygen atoms in total. The lowest BCUT2D eigenvalue weighted by Gasteiger charge is -2.08. The Morgan fingerprint density at radius 2 is 2.14 bits per heavy atom. The number of carbonyl (C=O) groups is 1. The Labute approximate surface area is 87.6 Å². The number of rotatable bonds is 3. The molecule has 0 saturated carbocycles. The maximum Gasteiger partial charge on any atom is 0.326 e. The highest BCUT2D eigenvalue weighted by Crippen LogP contribution is 2.27. The van der Waals surface area contributed by atoms with Crippen LogP contribution in [0, 0.1) is 6.92 Å². The van der Waals surface area contributed by atoms with E-state index in [0.29, 0.717) is 11.5 Å². The Hall–Kier alpha value is -1.22. The molecule has 0 heterocycles. The van der Waals surface area contributed by atoms with Crippen LogP contribution in [0.15, 0.2) is 18.2 Å². The molecule has 0 bridgehead atoms. The van der Waals surface area contributed by atoms with Crippen LogP contribution in [0.5, 0.6) is 11.5 Å². The molecule has 0 N–H and O–H groups in total. The molecular formula is C10H11ClO3. The quantitative estimate of drug-likeness (QED) is 0.439. The Bertz CT molecular complexity index is 336. The van der Waals surface area contributed by atoms with E-state index >= 15 is 0 Å². The minimum absolute atomic E-state index is 0.170. The van der Waals surface area contributed by atoms with Gasteiger partial charge in [0.1, 0.15) is 5.88 Å². The van der Waals surface area contributed by atoms with E-state index in [9.17, 15) is 4.79 Å². The van der Waals surface area contributed by atoms with Crippen molar-refractivity contribution in [1.82, 2.24) is 0 Å². The van der Waals surface area contributed by atoms with Gasteiger partial charge in [0, 0.05) is 0 Å². The molecule has 0 unspecified atom stereocenters. The fourth-order valence-electron chi connectivity index (χ4n) is 1.01. The van der Waals surface area contributed by atoms with Crippen molar-refractivity contribution in [2.75, 3.05) is 13.0 Å². The van der Waals surface area contributed by atoms with Gasteiger partial charge in [-0.3, -0.25) is 4.79 Å². The van der Waals surface area contributed by atoms with E-state index in [0.717, 1.165) is 5.56 Å². The lowest BCUT2D eigenvalue weighted by Crippen LogP contribution is -2.09. The van der Waals surface area contributed by atoms with Crippen LogP contribution in [0.4, 0.5) is 0 Å². The van der Waals surface area contributed by atoms with Crippen molar-refractivity contribution >= 4 is 17.6 Å². The summed E-state index contributed by atoms with van der Waals surface area (Å²) >= 11 is 5.32. The third-order valence-electron chi connectivity index (χ3n) is 1.65. The third kappa shape index (κ3) is 2.64. The van der Waals surface area contributed by atoms with Crippen molar-refractivity contribution < 1.29 is 14.3 Å². The van der Waals surface area contributed by atoms with E-state index < -0.39 is 5.97 Å². The first-order valence-corrected chi connectivity index (χ1v) is 4.62. The fourth-order valence-corrected chi connectivity index (χ4v) is 1.07. The third-order valence-corrected chi connectivity index (χ3v) is 1.87. The van der Waals surface area contributed by atoms with Gasteiger partial charge >= 0.3 is 5.97 Å². The second kappa shape index (κ2) is 4.86. The fraction of sp³-hybridized carbons (Fsp3) is 0.300. The van der Waals surface area contributed by atoms with Crippen LogP contribution in [0.1, 0.15) is 5.56 Å². The average molecular weight is 215 g/mol. The Morgan fingerprint density at radius 3 is 2.71 bits per heavy atom. The SMILES string of the molecule is COc1ccc(C)cc1OC(=O)CCl. The molecule has 0 saturated heterocycles. The van der Waals surface area contributed by atoms with Gasteiger partial charge in [-0.25, -0.2) is 0 Å². The summed E-state index contributed by atoms with van der Waals surface area (Å²) in [5.41, 5.74) is 0.989. The Balaban J connectivity index is 2.93. The number of carbonyl (C=O) groups excluding carboxylic acids is 1. The molecule has 14 heavy (non-hydrogen) atoms. The highest BCUT2D eigenvalue weighted by molar-refractivity contribution is 6.26. The largest absolute Gasteiger partial charge is 0.493 e. The highest BCUT2D eigenvalue weighted by atomic mass is 35.5. The molecule has 1 rings (SSSR count). The minimum atomic E-state index is -0.490. The molecule has 0 aliphatic heterocycles. The standard InChI is InChI=1S/C10H11ClO3/c1-7-3-4-8(13-2)9(5-7)14-10(12)6-11/h3-5H,6H2,1-2H3. The van der Waals surface area contributed by atoms with Gasteiger partial charge < -0.3 is 9.47 Å². The summed E-state index contributed by atoms with van der Waals surface area (Å²) in [6.07, 6.45) is 0. The minimum Gasteiger partial charge on any atom is -0.493 e. The molecule has 0 spiro atoms. The summed E-state index contributed by atoms with van der Waals surface area (Å²) in [5.74, 6) is 0.264. The molecule has 1 aromatic carbocycles. The molecule has 0 amide bonds. The summed E-state index contributed by atoms with van der Waals surface area (Å²) in [5, 5.41) is 0. The molecule has 0 aliphatic rings. The first kappa shape index (κ1) is 10.9. The van der Waals surface area contributed by atoms with Crippen LogP contribution >= 0.6 is 11.6 Å². The normalized spacial score (nSPS) is 9.64. The first-order chi connectivity index (χ1) is 6.67. The van der Waals surface area contributed by atoms with Crippen LogP contribution in [-0.4, -0.2) is 19.0 Å². The van der Waals surface area contributed by atoms with Crippen LogP contribution in [0.2, 0.25) is 0 Å². The van der Waals surface area contributed by atoms with Crippen molar-refractivity contribution in [3.63, 3.8) is 0 Å². The summed E-state index contributed by atoms with van der Waals surface area (Å²) in [6, 6.07) is 5.34. The molecule has 0 radical (unpaired) electrons. The van der Waals surface area contributed by atoms with Gasteiger partial charge in [0.05, 0.1) is 7.11 Å². The van der Waals surface area contributed by atoms with Crippen LogP contribution in [0.3, 0.4) is 0 Å². The summed E-state index contributed by atoms with van der Waals surface area (Å²) in [4.78, 5) is 11.0. The van der Waals surface area contributed by atoms with E-state index in [1.165, 1.54) is 7.11 Å². The van der Waals surface area contributed by atoms with Crippen LogP contribution in [-0.2, 0) is 4.79 Å². The number of aryl methyl sites for hydroxylation is 1. The van der Waals surface area contributed by atoms with E-state index in [4.69, 9.17) is 21.1 Å². The predicted octanol–water partition coefficient (Wildman–Crippen LogP) is 2.15. The summed E-state index contributed by atoms with van der Waals surface area (Å²) in [6.45, 7) is 1.90. The summed E-state index contributed by atoms with van der Waals surface area (Å²) in [7, 11) is 1.52. The summed E-state index contributed by atoms with van der Waals surface area (Å²) < 4.78 is 10.00. The second-order valence-electron chi connectivity index (χ2n) is 2.76. The molecule has 76 valence electrons. The smallest absolute Gasteiger partial charge is 0.326 e. The number of ether oxygens (including phenoxy) is 2. The lowest BCUT2D eigenvalue weighted by molar-refractivity contribution is -0.131. The van der Waals surface area contributed by atoms with Gasteiger partial charge in [-0.15, -0.1) is 11.6 Å². The van der Waals surface area contributed by atoms with Gasteiger partial charge in [-0.1, -0.05) is 6.07 Å². The molecule has 4 heteroatoms. The first-order valence-electron chi connectivity index (χ1n) is 4.08. The van der Waals surface area contributed by atoms with Crippen molar-refractivity contribution in [3.05, 3.63) is 23.8 Å². The predicted molar refractivity (Wildman–Crippen MR) is 54.1 cm³/mol. The van der Waals surface area contributed by atoms with Gasteiger partial charge in [0.15, 0.2) is 11.5 Å². The van der Waals surface area contributed by atoms with Gasteiger partial charge in [-0.2, -0.15) is 0 Å². The number of halogens is 1. The lowest BCUT2D eigenvalue weighted by atomic mass is 10.2. The van der Waals surface area contributed by atoms with Crippen LogP contribution in [0.25, 0.3) is 0 Å². The van der Waals surface area contributed by atoms with Crippen molar-refractivity contribution in [1.29, 1.82) is 0 Å². The molecule has 1 aromatic rings. The maximum atomic E-state index is 11.0. The second-order valence-corrected chi connectivity index (χ2v) is 3.03. The van der Waals surface area contributed by atoms with E-state index in [-0.39, 0.29) is 5.88 Å². The molecule has 0 aliphatic carbocycles. The van der Waals surface area contributed by atoms with Crippen molar-refractivity contribution in [2.24, 2.45) is 0 Å². The monoisotopic (exact) mass is 214 g/mol. The van der Waals surface area contributed by atoms with E-state index in [1.54, 1.807) is 12.1 Å².